The number of aromatic hydroxyl groups is 1. The number of rotatable bonds is 6. The number of likely N-dealkylation sites (tertiary alicyclic amines) is 1. The van der Waals surface area contributed by atoms with Crippen LogP contribution in [0.25, 0.3) is 0 Å². The number of benzene rings is 3. The molecular weight excluding hydrogens is 454 g/mol. The van der Waals surface area contributed by atoms with Crippen molar-refractivity contribution in [1.82, 2.24) is 15.8 Å². The minimum absolute atomic E-state index is 0.105. The van der Waals surface area contributed by atoms with Crippen LogP contribution in [0.4, 0.5) is 0 Å². The monoisotopic (exact) mass is 479 g/mol. The van der Waals surface area contributed by atoms with Crippen LogP contribution in [-0.2, 0) is 4.79 Å². The molecular formula is C26H26ClN3O4. The van der Waals surface area contributed by atoms with E-state index in [1.54, 1.807) is 17.0 Å². The van der Waals surface area contributed by atoms with Gasteiger partial charge in [-0.25, -0.2) is 10.9 Å². The first kappa shape index (κ1) is 22.7. The van der Waals surface area contributed by atoms with E-state index in [0.29, 0.717) is 22.1 Å². The Labute approximate surface area is 202 Å². The van der Waals surface area contributed by atoms with Crippen LogP contribution >= 0.6 is 11.6 Å². The summed E-state index contributed by atoms with van der Waals surface area (Å²) >= 11 is 6.38. The van der Waals surface area contributed by atoms with E-state index in [1.807, 2.05) is 61.5 Å². The highest BCUT2D eigenvalue weighted by molar-refractivity contribution is 6.31. The van der Waals surface area contributed by atoms with Gasteiger partial charge in [-0.2, -0.15) is 0 Å². The van der Waals surface area contributed by atoms with Crippen molar-refractivity contribution >= 4 is 17.5 Å². The summed E-state index contributed by atoms with van der Waals surface area (Å²) < 4.78 is 6.03. The van der Waals surface area contributed by atoms with Crippen molar-refractivity contribution in [2.75, 3.05) is 13.2 Å². The molecule has 5 rings (SSSR count). The lowest BCUT2D eigenvalue weighted by Gasteiger charge is -2.31. The van der Waals surface area contributed by atoms with Crippen LogP contribution in [0.5, 0.6) is 17.2 Å². The van der Waals surface area contributed by atoms with Gasteiger partial charge in [0.2, 0.25) is 5.91 Å². The SMILES string of the molecule is Cc1cc(O)c(C2NNC3C(=O)N(CCO)C(c4cccc(Oc5ccccc5)c4)C32)cc1Cl. The number of hydrazine groups is 1. The van der Waals surface area contributed by atoms with Gasteiger partial charge < -0.3 is 19.8 Å². The van der Waals surface area contributed by atoms with Crippen molar-refractivity contribution in [2.24, 2.45) is 5.92 Å². The third-order valence-electron chi connectivity index (χ3n) is 6.58. The number of phenolic OH excluding ortho intramolecular Hbond substituents is 1. The number of aliphatic hydroxyl groups is 1. The van der Waals surface area contributed by atoms with Gasteiger partial charge >= 0.3 is 0 Å². The minimum atomic E-state index is -0.514. The number of phenols is 1. The van der Waals surface area contributed by atoms with Crippen LogP contribution in [0.2, 0.25) is 5.02 Å². The quantitative estimate of drug-likeness (QED) is 0.429. The summed E-state index contributed by atoms with van der Waals surface area (Å²) in [6.45, 7) is 1.88. The lowest BCUT2D eigenvalue weighted by molar-refractivity contribution is -0.131. The number of β-amino-alcohol motifs (C(OH)–C–C–N with tert-alkyl or cyclic N) is 1. The Balaban J connectivity index is 1.54. The smallest absolute Gasteiger partial charge is 0.242 e. The summed E-state index contributed by atoms with van der Waals surface area (Å²) in [5.74, 6) is 1.13. The van der Waals surface area contributed by atoms with E-state index in [4.69, 9.17) is 16.3 Å². The van der Waals surface area contributed by atoms with Crippen LogP contribution < -0.4 is 15.6 Å². The van der Waals surface area contributed by atoms with Gasteiger partial charge in [-0.1, -0.05) is 41.9 Å². The van der Waals surface area contributed by atoms with Crippen molar-refractivity contribution in [1.29, 1.82) is 0 Å². The number of carbonyl (C=O) groups is 1. The third-order valence-corrected chi connectivity index (χ3v) is 6.98. The van der Waals surface area contributed by atoms with Gasteiger partial charge in [0, 0.05) is 23.0 Å². The minimum Gasteiger partial charge on any atom is -0.508 e. The van der Waals surface area contributed by atoms with Crippen molar-refractivity contribution < 1.29 is 19.7 Å². The fourth-order valence-corrected chi connectivity index (χ4v) is 5.21. The summed E-state index contributed by atoms with van der Waals surface area (Å²) in [4.78, 5) is 15.0. The zero-order valence-electron chi connectivity index (χ0n) is 18.6. The first-order chi connectivity index (χ1) is 16.5. The average Bonchev–Trinajstić information content (AvgIpc) is 3.37. The Hall–Kier alpha value is -3.10. The Morgan fingerprint density at radius 1 is 1.00 bits per heavy atom. The molecule has 2 aliphatic rings. The molecule has 4 N–H and O–H groups in total. The van der Waals surface area contributed by atoms with E-state index in [-0.39, 0.29) is 42.8 Å². The fraction of sp³-hybridized carbons (Fsp3) is 0.269. The molecule has 1 amide bonds. The topological polar surface area (TPSA) is 94.1 Å². The normalized spacial score (nSPS) is 23.9. The second-order valence-corrected chi connectivity index (χ2v) is 9.08. The van der Waals surface area contributed by atoms with Gasteiger partial charge in [0.1, 0.15) is 23.3 Å². The maximum Gasteiger partial charge on any atom is 0.242 e. The number of para-hydroxylation sites is 1. The highest BCUT2D eigenvalue weighted by Gasteiger charge is 2.55. The lowest BCUT2D eigenvalue weighted by Crippen LogP contribution is -2.42. The number of ether oxygens (including phenoxy) is 1. The second kappa shape index (κ2) is 9.27. The van der Waals surface area contributed by atoms with Crippen molar-refractivity contribution in [3.63, 3.8) is 0 Å². The number of carbonyl (C=O) groups excluding carboxylic acids is 1. The van der Waals surface area contributed by atoms with E-state index < -0.39 is 6.04 Å². The molecule has 2 aliphatic heterocycles. The maximum atomic E-state index is 13.3. The molecule has 8 heteroatoms. The molecule has 4 atom stereocenters. The molecule has 0 radical (unpaired) electrons. The maximum absolute atomic E-state index is 13.3. The van der Waals surface area contributed by atoms with Crippen LogP contribution in [0.1, 0.15) is 28.8 Å². The number of fused-ring (bicyclic) bond motifs is 1. The third kappa shape index (κ3) is 4.01. The Kier molecular flexibility index (Phi) is 6.18. The predicted molar refractivity (Wildman–Crippen MR) is 129 cm³/mol. The molecule has 3 aromatic rings. The highest BCUT2D eigenvalue weighted by atomic mass is 35.5. The summed E-state index contributed by atoms with van der Waals surface area (Å²) in [5, 5.41) is 21.0. The van der Waals surface area contributed by atoms with Crippen molar-refractivity contribution in [2.45, 2.75) is 25.0 Å². The number of hydrogen-bond acceptors (Lipinski definition) is 6. The zero-order valence-corrected chi connectivity index (χ0v) is 19.4. The van der Waals surface area contributed by atoms with Gasteiger partial charge in [0.25, 0.3) is 0 Å². The van der Waals surface area contributed by atoms with E-state index in [2.05, 4.69) is 10.9 Å². The fourth-order valence-electron chi connectivity index (χ4n) is 5.04. The molecule has 2 fully saturated rings. The van der Waals surface area contributed by atoms with Gasteiger partial charge in [-0.05, 0) is 54.4 Å². The largest absolute Gasteiger partial charge is 0.508 e. The number of nitrogens with one attached hydrogen (secondary N) is 2. The van der Waals surface area contributed by atoms with Gasteiger partial charge in [0.15, 0.2) is 0 Å². The van der Waals surface area contributed by atoms with Gasteiger partial charge in [0.05, 0.1) is 18.7 Å². The standard InChI is InChI=1S/C26H26ClN3O4/c1-15-12-21(32)19(14-20(15)27)23-22-24(29-28-23)26(33)30(10-11-31)25(22)16-6-5-9-18(13-16)34-17-7-3-2-4-8-17/h2-9,12-14,22-25,28-29,31-32H,10-11H2,1H3. The van der Waals surface area contributed by atoms with E-state index in [9.17, 15) is 15.0 Å². The first-order valence-corrected chi connectivity index (χ1v) is 11.6. The number of aliphatic hydroxyl groups excluding tert-OH is 1. The highest BCUT2D eigenvalue weighted by Crippen LogP contribution is 2.49. The molecule has 2 saturated heterocycles. The summed E-state index contributed by atoms with van der Waals surface area (Å²) in [7, 11) is 0. The van der Waals surface area contributed by atoms with Crippen LogP contribution in [0.3, 0.4) is 0 Å². The van der Waals surface area contributed by atoms with Gasteiger partial charge in [-0.3, -0.25) is 4.79 Å². The predicted octanol–water partition coefficient (Wildman–Crippen LogP) is 3.86. The molecule has 0 saturated carbocycles. The number of halogens is 1. The molecule has 3 aromatic carbocycles. The summed E-state index contributed by atoms with van der Waals surface area (Å²) in [6.07, 6.45) is 0. The molecule has 34 heavy (non-hydrogen) atoms. The molecule has 7 nitrogen and oxygen atoms in total. The summed E-state index contributed by atoms with van der Waals surface area (Å²) in [5.41, 5.74) is 8.59. The van der Waals surface area contributed by atoms with Crippen molar-refractivity contribution in [3.8, 4) is 17.2 Å². The molecule has 0 aromatic heterocycles. The number of nitrogens with zero attached hydrogens (tertiary/aromatic N) is 1. The van der Waals surface area contributed by atoms with Crippen LogP contribution in [0.15, 0.2) is 66.7 Å². The van der Waals surface area contributed by atoms with E-state index in [1.165, 1.54) is 0 Å². The number of amides is 1. The van der Waals surface area contributed by atoms with Crippen LogP contribution in [0, 0.1) is 12.8 Å². The molecule has 2 heterocycles. The average molecular weight is 480 g/mol. The summed E-state index contributed by atoms with van der Waals surface area (Å²) in [6, 6.07) is 19.3. The van der Waals surface area contributed by atoms with Gasteiger partial charge in [-0.15, -0.1) is 0 Å². The number of aryl methyl sites for hydroxylation is 1. The zero-order chi connectivity index (χ0) is 23.8. The second-order valence-electron chi connectivity index (χ2n) is 8.67. The van der Waals surface area contributed by atoms with E-state index >= 15 is 0 Å². The molecule has 176 valence electrons. The molecule has 0 bridgehead atoms. The van der Waals surface area contributed by atoms with Crippen molar-refractivity contribution in [3.05, 3.63) is 88.4 Å². The first-order valence-electron chi connectivity index (χ1n) is 11.2. The van der Waals surface area contributed by atoms with E-state index in [0.717, 1.165) is 11.1 Å². The lowest BCUT2D eigenvalue weighted by atomic mass is 9.83. The molecule has 0 aliphatic carbocycles. The molecule has 4 unspecified atom stereocenters. The van der Waals surface area contributed by atoms with Crippen LogP contribution in [-0.4, -0.2) is 40.2 Å². The Morgan fingerprint density at radius 2 is 1.74 bits per heavy atom. The Morgan fingerprint density at radius 3 is 2.50 bits per heavy atom. The Bertz CT molecular complexity index is 1210. The molecule has 0 spiro atoms. The number of hydrogen-bond donors (Lipinski definition) is 4.